The number of benzene rings is 2. The lowest BCUT2D eigenvalue weighted by Gasteiger charge is -2.42. The number of ether oxygens (including phenoxy) is 2. The van der Waals surface area contributed by atoms with Crippen LogP contribution in [0, 0.1) is 17.3 Å². The number of nitrogens with zero attached hydrogens (tertiary/aromatic N) is 3. The Kier molecular flexibility index (Phi) is 7.18. The molecule has 5 N–H and O–H groups in total. The van der Waals surface area contributed by atoms with Crippen LogP contribution in [-0.2, 0) is 13.0 Å². The molecule has 0 bridgehead atoms. The Bertz CT molecular complexity index is 1390. The number of amides is 1. The van der Waals surface area contributed by atoms with E-state index in [0.717, 1.165) is 38.1 Å². The van der Waals surface area contributed by atoms with Crippen LogP contribution in [0.2, 0.25) is 0 Å². The van der Waals surface area contributed by atoms with Gasteiger partial charge in [0.25, 0.3) is 0 Å². The van der Waals surface area contributed by atoms with Crippen LogP contribution >= 0.6 is 0 Å². The van der Waals surface area contributed by atoms with E-state index in [9.17, 15) is 9.90 Å². The molecule has 5 rings (SSSR count). The number of aliphatic hydroxyl groups excluding tert-OH is 1. The molecule has 2 heterocycles. The van der Waals surface area contributed by atoms with Gasteiger partial charge >= 0.3 is 0 Å². The lowest BCUT2D eigenvalue weighted by molar-refractivity contribution is 0.1000. The van der Waals surface area contributed by atoms with Gasteiger partial charge in [-0.1, -0.05) is 12.0 Å². The molecule has 9 heteroatoms. The summed E-state index contributed by atoms with van der Waals surface area (Å²) in [5, 5.41) is 10.0. The molecule has 0 saturated carbocycles. The number of rotatable bonds is 6. The number of anilines is 1. The predicted molar refractivity (Wildman–Crippen MR) is 143 cm³/mol. The average molecular weight is 514 g/mol. The largest absolute Gasteiger partial charge is 0.497 e. The minimum Gasteiger partial charge on any atom is -0.497 e. The number of carbonyl (C=O) groups excluding carboxylic acids is 1. The summed E-state index contributed by atoms with van der Waals surface area (Å²) in [5.74, 6) is 7.45. The molecule has 1 aliphatic carbocycles. The molecule has 38 heavy (non-hydrogen) atoms. The Hall–Kier alpha value is -4.13. The highest BCUT2D eigenvalue weighted by molar-refractivity contribution is 5.92. The summed E-state index contributed by atoms with van der Waals surface area (Å²) >= 11 is 0. The van der Waals surface area contributed by atoms with E-state index in [0.29, 0.717) is 28.5 Å². The number of hydrogen-bond donors (Lipinski definition) is 3. The van der Waals surface area contributed by atoms with E-state index in [1.807, 2.05) is 6.07 Å². The molecule has 1 spiro atoms. The van der Waals surface area contributed by atoms with Crippen molar-refractivity contribution in [2.75, 3.05) is 31.7 Å². The van der Waals surface area contributed by atoms with Crippen molar-refractivity contribution in [3.8, 4) is 23.3 Å². The zero-order valence-corrected chi connectivity index (χ0v) is 21.3. The summed E-state index contributed by atoms with van der Waals surface area (Å²) in [7, 11) is 1.68. The number of piperidine rings is 1. The standard InChI is InChI=1S/C29H31N5O4/c1-37-23-9-6-20-16-29(26(30)24(20)15-23)10-12-34(13-11-29)28-25(18-35)33-21(17-32-28)3-2-14-38-22-7-4-19(5-8-22)27(31)36/h4-9,15,17,26,35H,10-14,16,18,30H2,1H3,(H2,31,36)/t26-/m1/s1. The summed E-state index contributed by atoms with van der Waals surface area (Å²) in [4.78, 5) is 22.5. The first kappa shape index (κ1) is 25.5. The maximum absolute atomic E-state index is 11.2. The Balaban J connectivity index is 1.21. The van der Waals surface area contributed by atoms with Crippen molar-refractivity contribution in [1.82, 2.24) is 9.97 Å². The highest BCUT2D eigenvalue weighted by Crippen LogP contribution is 2.51. The van der Waals surface area contributed by atoms with Crippen molar-refractivity contribution >= 4 is 11.7 Å². The summed E-state index contributed by atoms with van der Waals surface area (Å²) < 4.78 is 11.0. The van der Waals surface area contributed by atoms with Gasteiger partial charge in [-0.25, -0.2) is 9.97 Å². The maximum atomic E-state index is 11.2. The number of primary amides is 1. The third-order valence-corrected chi connectivity index (χ3v) is 7.59. The van der Waals surface area contributed by atoms with Crippen molar-refractivity contribution in [3.63, 3.8) is 0 Å². The molecule has 0 unspecified atom stereocenters. The van der Waals surface area contributed by atoms with Gasteiger partial charge < -0.3 is 30.9 Å². The highest BCUT2D eigenvalue weighted by Gasteiger charge is 2.46. The van der Waals surface area contributed by atoms with Gasteiger partial charge in [0, 0.05) is 24.7 Å². The molecule has 1 aromatic heterocycles. The normalized spacial score (nSPS) is 17.4. The molecule has 3 aromatic rings. The number of fused-ring (bicyclic) bond motifs is 1. The fourth-order valence-electron chi connectivity index (χ4n) is 5.43. The van der Waals surface area contributed by atoms with Gasteiger partial charge in [0.2, 0.25) is 5.91 Å². The molecule has 0 radical (unpaired) electrons. The van der Waals surface area contributed by atoms with E-state index in [2.05, 4.69) is 38.8 Å². The van der Waals surface area contributed by atoms with E-state index in [1.165, 1.54) is 11.1 Å². The van der Waals surface area contributed by atoms with Gasteiger partial charge in [0.1, 0.15) is 29.5 Å². The molecule has 2 aliphatic rings. The lowest BCUT2D eigenvalue weighted by atomic mass is 9.73. The summed E-state index contributed by atoms with van der Waals surface area (Å²) in [5.41, 5.74) is 15.9. The van der Waals surface area contributed by atoms with Crippen molar-refractivity contribution in [2.45, 2.75) is 31.9 Å². The first-order chi connectivity index (χ1) is 18.4. The second kappa shape index (κ2) is 10.7. The van der Waals surface area contributed by atoms with E-state index >= 15 is 0 Å². The van der Waals surface area contributed by atoms with Gasteiger partial charge in [0.05, 0.1) is 19.9 Å². The van der Waals surface area contributed by atoms with Gasteiger partial charge in [-0.15, -0.1) is 0 Å². The number of methoxy groups -OCH3 is 1. The second-order valence-corrected chi connectivity index (χ2v) is 9.73. The van der Waals surface area contributed by atoms with E-state index in [1.54, 1.807) is 37.6 Å². The van der Waals surface area contributed by atoms with Crippen LogP contribution in [0.25, 0.3) is 0 Å². The van der Waals surface area contributed by atoms with Crippen LogP contribution in [0.3, 0.4) is 0 Å². The Labute approximate surface area is 221 Å². The van der Waals surface area contributed by atoms with E-state index in [4.69, 9.17) is 20.9 Å². The molecular formula is C29H31N5O4. The number of carbonyl (C=O) groups is 1. The van der Waals surface area contributed by atoms with Crippen LogP contribution in [0.1, 0.15) is 51.8 Å². The van der Waals surface area contributed by atoms with Gasteiger partial charge in [-0.3, -0.25) is 4.79 Å². The number of aromatic nitrogens is 2. The van der Waals surface area contributed by atoms with Crippen LogP contribution in [0.15, 0.2) is 48.7 Å². The molecule has 1 amide bonds. The lowest BCUT2D eigenvalue weighted by Crippen LogP contribution is -2.45. The van der Waals surface area contributed by atoms with Gasteiger partial charge in [-0.2, -0.15) is 0 Å². The van der Waals surface area contributed by atoms with Crippen molar-refractivity contribution in [2.24, 2.45) is 16.9 Å². The van der Waals surface area contributed by atoms with Crippen LogP contribution in [-0.4, -0.2) is 47.8 Å². The zero-order valence-electron chi connectivity index (χ0n) is 21.3. The van der Waals surface area contributed by atoms with E-state index < -0.39 is 5.91 Å². The molecule has 1 fully saturated rings. The summed E-state index contributed by atoms with van der Waals surface area (Å²) in [6.07, 6.45) is 4.44. The van der Waals surface area contributed by atoms with E-state index in [-0.39, 0.29) is 24.7 Å². The second-order valence-electron chi connectivity index (χ2n) is 9.73. The minimum atomic E-state index is -0.490. The Morgan fingerprint density at radius 2 is 1.92 bits per heavy atom. The SMILES string of the molecule is COc1ccc2c(c1)[C@@H](N)C1(CCN(c3ncc(C#CCOc4ccc(C(N)=O)cc4)nc3CO)CC1)C2. The Morgan fingerprint density at radius 3 is 2.61 bits per heavy atom. The van der Waals surface area contributed by atoms with Crippen molar-refractivity contribution < 1.29 is 19.4 Å². The quantitative estimate of drug-likeness (QED) is 0.427. The number of aliphatic hydroxyl groups is 1. The summed E-state index contributed by atoms with van der Waals surface area (Å²) in [6, 6.07) is 12.7. The minimum absolute atomic E-state index is 0.0174. The Morgan fingerprint density at radius 1 is 1.18 bits per heavy atom. The molecule has 1 aliphatic heterocycles. The van der Waals surface area contributed by atoms with Gasteiger partial charge in [0.15, 0.2) is 5.82 Å². The molecular weight excluding hydrogens is 482 g/mol. The topological polar surface area (TPSA) is 137 Å². The third kappa shape index (κ3) is 5.01. The fourth-order valence-corrected chi connectivity index (χ4v) is 5.43. The number of hydrogen-bond acceptors (Lipinski definition) is 8. The molecule has 9 nitrogen and oxygen atoms in total. The third-order valence-electron chi connectivity index (χ3n) is 7.59. The smallest absolute Gasteiger partial charge is 0.248 e. The maximum Gasteiger partial charge on any atom is 0.248 e. The first-order valence-corrected chi connectivity index (χ1v) is 12.6. The average Bonchev–Trinajstić information content (AvgIpc) is 3.21. The number of nitrogens with two attached hydrogens (primary N) is 2. The fraction of sp³-hybridized carbons (Fsp3) is 0.345. The van der Waals surface area contributed by atoms with Gasteiger partial charge in [-0.05, 0) is 78.1 Å². The van der Waals surface area contributed by atoms with Crippen LogP contribution < -0.4 is 25.8 Å². The predicted octanol–water partition coefficient (Wildman–Crippen LogP) is 2.35. The molecule has 2 aromatic carbocycles. The molecule has 1 saturated heterocycles. The van der Waals surface area contributed by atoms with Crippen molar-refractivity contribution in [1.29, 1.82) is 0 Å². The van der Waals surface area contributed by atoms with Crippen molar-refractivity contribution in [3.05, 3.63) is 76.7 Å². The monoisotopic (exact) mass is 513 g/mol. The zero-order chi connectivity index (χ0) is 26.7. The van der Waals surface area contributed by atoms with Crippen LogP contribution in [0.4, 0.5) is 5.82 Å². The highest BCUT2D eigenvalue weighted by atomic mass is 16.5. The molecule has 1 atom stereocenters. The summed E-state index contributed by atoms with van der Waals surface area (Å²) in [6.45, 7) is 1.48. The molecule has 196 valence electrons. The first-order valence-electron chi connectivity index (χ1n) is 12.6. The van der Waals surface area contributed by atoms with Crippen LogP contribution in [0.5, 0.6) is 11.5 Å².